The lowest BCUT2D eigenvalue weighted by Gasteiger charge is -2.02. The highest BCUT2D eigenvalue weighted by atomic mass is 16.5. The number of hydrogen-bond acceptors (Lipinski definition) is 8. The number of benzene rings is 1. The van der Waals surface area contributed by atoms with Gasteiger partial charge in [0.2, 0.25) is 17.6 Å². The molecule has 0 fully saturated rings. The fourth-order valence-electron chi connectivity index (χ4n) is 2.94. The summed E-state index contributed by atoms with van der Waals surface area (Å²) in [6.07, 6.45) is 5.36. The predicted octanol–water partition coefficient (Wildman–Crippen LogP) is 3.17. The Hall–Kier alpha value is -3.88. The van der Waals surface area contributed by atoms with E-state index in [2.05, 4.69) is 30.6 Å². The van der Waals surface area contributed by atoms with Crippen LogP contribution >= 0.6 is 0 Å². The maximum atomic E-state index is 12.1. The van der Waals surface area contributed by atoms with Crippen molar-refractivity contribution in [3.63, 3.8) is 0 Å². The minimum atomic E-state index is -0.0470. The van der Waals surface area contributed by atoms with Gasteiger partial charge in [0, 0.05) is 43.8 Å². The molecule has 3 aromatic heterocycles. The monoisotopic (exact) mass is 418 g/mol. The Morgan fingerprint density at radius 3 is 2.68 bits per heavy atom. The third-order valence-corrected chi connectivity index (χ3v) is 4.62. The Kier molecular flexibility index (Phi) is 6.41. The van der Waals surface area contributed by atoms with Gasteiger partial charge in [-0.2, -0.15) is 9.97 Å². The topological polar surface area (TPSA) is 120 Å². The first kappa shape index (κ1) is 20.4. The highest BCUT2D eigenvalue weighted by Gasteiger charge is 2.11. The van der Waals surface area contributed by atoms with E-state index < -0.39 is 0 Å². The van der Waals surface area contributed by atoms with Crippen LogP contribution in [0.25, 0.3) is 22.8 Å². The second-order valence-electron chi connectivity index (χ2n) is 7.09. The molecule has 4 aromatic rings. The lowest BCUT2D eigenvalue weighted by Crippen LogP contribution is -2.25. The minimum Gasteiger partial charge on any atom is -0.356 e. The lowest BCUT2D eigenvalue weighted by molar-refractivity contribution is -0.121. The van der Waals surface area contributed by atoms with Crippen molar-refractivity contribution in [2.75, 3.05) is 6.54 Å². The first-order valence-corrected chi connectivity index (χ1v) is 10.1. The summed E-state index contributed by atoms with van der Waals surface area (Å²) in [5.74, 6) is 1.99. The Morgan fingerprint density at radius 2 is 1.87 bits per heavy atom. The Morgan fingerprint density at radius 1 is 1.00 bits per heavy atom. The Bertz CT molecular complexity index is 1120. The molecular formula is C22H22N6O3. The van der Waals surface area contributed by atoms with Crippen molar-refractivity contribution in [3.05, 3.63) is 66.1 Å². The number of nitrogens with one attached hydrogen (secondary N) is 1. The van der Waals surface area contributed by atoms with E-state index in [1.165, 1.54) is 5.56 Å². The van der Waals surface area contributed by atoms with Crippen molar-refractivity contribution < 1.29 is 13.8 Å². The van der Waals surface area contributed by atoms with Crippen LogP contribution in [0.3, 0.4) is 0 Å². The molecule has 0 atom stereocenters. The summed E-state index contributed by atoms with van der Waals surface area (Å²) in [7, 11) is 0. The Balaban J connectivity index is 1.17. The Labute approximate surface area is 178 Å². The quantitative estimate of drug-likeness (QED) is 0.440. The third kappa shape index (κ3) is 5.59. The van der Waals surface area contributed by atoms with Crippen molar-refractivity contribution in [2.24, 2.45) is 0 Å². The number of carbonyl (C=O) groups is 1. The molecule has 1 amide bonds. The molecule has 0 radical (unpaired) electrons. The van der Waals surface area contributed by atoms with Crippen LogP contribution in [0.2, 0.25) is 0 Å². The second kappa shape index (κ2) is 9.75. The second-order valence-corrected chi connectivity index (χ2v) is 7.09. The number of rotatable bonds is 9. The van der Waals surface area contributed by atoms with Crippen molar-refractivity contribution in [1.29, 1.82) is 0 Å². The molecule has 31 heavy (non-hydrogen) atoms. The van der Waals surface area contributed by atoms with E-state index in [0.29, 0.717) is 55.7 Å². The summed E-state index contributed by atoms with van der Waals surface area (Å²) < 4.78 is 10.5. The summed E-state index contributed by atoms with van der Waals surface area (Å²) in [4.78, 5) is 24.8. The standard InChI is InChI=1S/C22H22N6O3/c1-15-7-9-16(10-8-15)21-26-20(30-28-21)6-2-5-19(29)24-13-11-18-25-22(31-27-18)17-4-3-12-23-14-17/h3-4,7-10,12,14H,2,5-6,11,13H2,1H3,(H,24,29). The van der Waals surface area contributed by atoms with Crippen LogP contribution in [0.4, 0.5) is 0 Å². The van der Waals surface area contributed by atoms with Gasteiger partial charge in [-0.25, -0.2) is 0 Å². The zero-order valence-electron chi connectivity index (χ0n) is 17.1. The molecule has 0 saturated carbocycles. The third-order valence-electron chi connectivity index (χ3n) is 4.62. The largest absolute Gasteiger partial charge is 0.356 e. The molecule has 1 N–H and O–H groups in total. The van der Waals surface area contributed by atoms with E-state index in [-0.39, 0.29) is 5.91 Å². The molecule has 0 spiro atoms. The summed E-state index contributed by atoms with van der Waals surface area (Å²) >= 11 is 0. The summed E-state index contributed by atoms with van der Waals surface area (Å²) in [6.45, 7) is 2.46. The van der Waals surface area contributed by atoms with Gasteiger partial charge in [0.05, 0.1) is 5.56 Å². The van der Waals surface area contributed by atoms with Gasteiger partial charge in [-0.1, -0.05) is 40.1 Å². The van der Waals surface area contributed by atoms with Gasteiger partial charge in [-0.15, -0.1) is 0 Å². The molecule has 3 heterocycles. The maximum absolute atomic E-state index is 12.1. The summed E-state index contributed by atoms with van der Waals surface area (Å²) in [5, 5.41) is 10.8. The molecule has 0 unspecified atom stereocenters. The van der Waals surface area contributed by atoms with Gasteiger partial charge >= 0.3 is 0 Å². The highest BCUT2D eigenvalue weighted by Crippen LogP contribution is 2.17. The predicted molar refractivity (Wildman–Crippen MR) is 112 cm³/mol. The van der Waals surface area contributed by atoms with Gasteiger partial charge in [0.15, 0.2) is 5.82 Å². The van der Waals surface area contributed by atoms with Crippen LogP contribution in [0, 0.1) is 6.92 Å². The molecule has 4 rings (SSSR count). The number of carbonyl (C=O) groups excluding carboxylic acids is 1. The van der Waals surface area contributed by atoms with Crippen LogP contribution < -0.4 is 5.32 Å². The lowest BCUT2D eigenvalue weighted by atomic mass is 10.1. The number of pyridine rings is 1. The fourth-order valence-corrected chi connectivity index (χ4v) is 2.94. The number of amides is 1. The van der Waals surface area contributed by atoms with Crippen molar-refractivity contribution in [1.82, 2.24) is 30.6 Å². The zero-order valence-corrected chi connectivity index (χ0v) is 17.1. The van der Waals surface area contributed by atoms with Crippen molar-refractivity contribution in [3.8, 4) is 22.8 Å². The molecule has 0 aliphatic rings. The van der Waals surface area contributed by atoms with E-state index in [9.17, 15) is 4.79 Å². The number of aromatic nitrogens is 5. The molecule has 158 valence electrons. The van der Waals surface area contributed by atoms with Gasteiger partial charge in [-0.3, -0.25) is 9.78 Å². The van der Waals surface area contributed by atoms with Gasteiger partial charge in [0.25, 0.3) is 5.89 Å². The van der Waals surface area contributed by atoms with Crippen LogP contribution in [-0.4, -0.2) is 37.7 Å². The van der Waals surface area contributed by atoms with Gasteiger partial charge in [-0.05, 0) is 25.5 Å². The van der Waals surface area contributed by atoms with E-state index >= 15 is 0 Å². The molecule has 1 aromatic carbocycles. The molecule has 9 nitrogen and oxygen atoms in total. The van der Waals surface area contributed by atoms with E-state index in [1.54, 1.807) is 18.5 Å². The molecule has 0 saturated heterocycles. The zero-order chi connectivity index (χ0) is 21.5. The van der Waals surface area contributed by atoms with E-state index in [0.717, 1.165) is 11.1 Å². The van der Waals surface area contributed by atoms with Crippen LogP contribution in [0.5, 0.6) is 0 Å². The molecule has 0 bridgehead atoms. The smallest absolute Gasteiger partial charge is 0.259 e. The maximum Gasteiger partial charge on any atom is 0.259 e. The SMILES string of the molecule is Cc1ccc(-c2noc(CCCC(=O)NCCc3noc(-c4cccnc4)n3)n2)cc1. The normalized spacial score (nSPS) is 10.9. The average molecular weight is 418 g/mol. The van der Waals surface area contributed by atoms with Gasteiger partial charge < -0.3 is 14.4 Å². The van der Waals surface area contributed by atoms with E-state index in [4.69, 9.17) is 9.05 Å². The van der Waals surface area contributed by atoms with Crippen LogP contribution in [0.15, 0.2) is 57.8 Å². The van der Waals surface area contributed by atoms with Crippen LogP contribution in [0.1, 0.15) is 30.1 Å². The molecule has 9 heteroatoms. The van der Waals surface area contributed by atoms with Gasteiger partial charge in [0.1, 0.15) is 0 Å². The summed E-state index contributed by atoms with van der Waals surface area (Å²) in [6, 6.07) is 11.6. The first-order valence-electron chi connectivity index (χ1n) is 10.1. The fraction of sp³-hybridized carbons (Fsp3) is 0.273. The van der Waals surface area contributed by atoms with E-state index in [1.807, 2.05) is 37.3 Å². The molecule has 0 aliphatic heterocycles. The highest BCUT2D eigenvalue weighted by molar-refractivity contribution is 5.75. The minimum absolute atomic E-state index is 0.0470. The number of aryl methyl sites for hydroxylation is 2. The molecule has 0 aliphatic carbocycles. The number of hydrogen-bond donors (Lipinski definition) is 1. The number of nitrogens with zero attached hydrogens (tertiary/aromatic N) is 5. The van der Waals surface area contributed by atoms with Crippen molar-refractivity contribution in [2.45, 2.75) is 32.6 Å². The molecular weight excluding hydrogens is 396 g/mol. The summed E-state index contributed by atoms with van der Waals surface area (Å²) in [5.41, 5.74) is 2.84. The average Bonchev–Trinajstić information content (AvgIpc) is 3.45. The first-order chi connectivity index (χ1) is 15.2. The van der Waals surface area contributed by atoms with Crippen molar-refractivity contribution >= 4 is 5.91 Å². The van der Waals surface area contributed by atoms with Crippen LogP contribution in [-0.2, 0) is 17.6 Å².